The monoisotopic (exact) mass is 344 g/mol. The van der Waals surface area contributed by atoms with Crippen LogP contribution < -0.4 is 4.90 Å². The lowest BCUT2D eigenvalue weighted by Crippen LogP contribution is -2.51. The number of aromatic nitrogens is 2. The van der Waals surface area contributed by atoms with Crippen molar-refractivity contribution in [2.45, 2.75) is 25.0 Å². The summed E-state index contributed by atoms with van der Waals surface area (Å²) in [5, 5.41) is 1.82. The molecule has 0 bridgehead atoms. The number of hydrogen-bond acceptors (Lipinski definition) is 6. The van der Waals surface area contributed by atoms with E-state index in [1.807, 2.05) is 22.5 Å². The van der Waals surface area contributed by atoms with Gasteiger partial charge in [0, 0.05) is 31.2 Å². The molecule has 126 valence electrons. The molecule has 2 atom stereocenters. The SMILES string of the molecule is O=C(c1cscn1)N1CCC2OCCN(c3cccnc3)C2CC1. The Morgan fingerprint density at radius 3 is 3.00 bits per heavy atom. The number of morpholine rings is 1. The van der Waals surface area contributed by atoms with Crippen molar-refractivity contribution in [2.24, 2.45) is 0 Å². The van der Waals surface area contributed by atoms with E-state index < -0.39 is 0 Å². The third-order valence-electron chi connectivity index (χ3n) is 4.79. The maximum atomic E-state index is 12.6. The fourth-order valence-electron chi connectivity index (χ4n) is 3.61. The highest BCUT2D eigenvalue weighted by Crippen LogP contribution is 2.28. The van der Waals surface area contributed by atoms with Gasteiger partial charge < -0.3 is 14.5 Å². The molecular formula is C17H20N4O2S. The first kappa shape index (κ1) is 15.5. The Labute approximate surface area is 145 Å². The molecule has 4 rings (SSSR count). The lowest BCUT2D eigenvalue weighted by Gasteiger charge is -2.41. The van der Waals surface area contributed by atoms with E-state index in [9.17, 15) is 4.79 Å². The van der Waals surface area contributed by atoms with E-state index in [4.69, 9.17) is 4.74 Å². The zero-order valence-corrected chi connectivity index (χ0v) is 14.2. The van der Waals surface area contributed by atoms with Crippen molar-refractivity contribution < 1.29 is 9.53 Å². The van der Waals surface area contributed by atoms with Crippen molar-refractivity contribution in [1.29, 1.82) is 0 Å². The minimum absolute atomic E-state index is 0.0304. The molecule has 0 aliphatic carbocycles. The molecule has 2 fully saturated rings. The number of amides is 1. The smallest absolute Gasteiger partial charge is 0.273 e. The van der Waals surface area contributed by atoms with Crippen LogP contribution in [-0.2, 0) is 4.74 Å². The van der Waals surface area contributed by atoms with Gasteiger partial charge >= 0.3 is 0 Å². The van der Waals surface area contributed by atoms with E-state index in [1.54, 1.807) is 11.7 Å². The predicted octanol–water partition coefficient (Wildman–Crippen LogP) is 2.05. The Balaban J connectivity index is 1.51. The number of thiazole rings is 1. The van der Waals surface area contributed by atoms with Crippen molar-refractivity contribution in [2.75, 3.05) is 31.1 Å². The van der Waals surface area contributed by atoms with Gasteiger partial charge in [-0.25, -0.2) is 4.98 Å². The summed E-state index contributed by atoms with van der Waals surface area (Å²) in [6.07, 6.45) is 5.62. The highest BCUT2D eigenvalue weighted by atomic mass is 32.1. The number of fused-ring (bicyclic) bond motifs is 1. The summed E-state index contributed by atoms with van der Waals surface area (Å²) < 4.78 is 6.02. The third-order valence-corrected chi connectivity index (χ3v) is 5.37. The van der Waals surface area contributed by atoms with Crippen molar-refractivity contribution in [3.63, 3.8) is 0 Å². The van der Waals surface area contributed by atoms with Crippen molar-refractivity contribution in [1.82, 2.24) is 14.9 Å². The molecule has 4 heterocycles. The van der Waals surface area contributed by atoms with Crippen molar-refractivity contribution in [3.8, 4) is 0 Å². The Hall–Kier alpha value is -1.99. The van der Waals surface area contributed by atoms with Crippen LogP contribution in [-0.4, -0.2) is 59.2 Å². The zero-order valence-electron chi connectivity index (χ0n) is 13.4. The van der Waals surface area contributed by atoms with E-state index >= 15 is 0 Å². The van der Waals surface area contributed by atoms with Crippen LogP contribution in [0.5, 0.6) is 0 Å². The number of carbonyl (C=O) groups is 1. The lowest BCUT2D eigenvalue weighted by atomic mass is 10.0. The van der Waals surface area contributed by atoms with Gasteiger partial charge in [0.05, 0.1) is 36.1 Å². The molecule has 0 saturated carbocycles. The summed E-state index contributed by atoms with van der Waals surface area (Å²) in [6.45, 7) is 3.04. The highest BCUT2D eigenvalue weighted by molar-refractivity contribution is 7.07. The quantitative estimate of drug-likeness (QED) is 0.834. The molecule has 0 spiro atoms. The first-order valence-electron chi connectivity index (χ1n) is 8.28. The molecule has 2 aliphatic heterocycles. The third kappa shape index (κ3) is 3.01. The van der Waals surface area contributed by atoms with Gasteiger partial charge in [0.2, 0.25) is 0 Å². The predicted molar refractivity (Wildman–Crippen MR) is 92.4 cm³/mol. The summed E-state index contributed by atoms with van der Waals surface area (Å²) in [6, 6.07) is 4.35. The molecule has 0 radical (unpaired) electrons. The van der Waals surface area contributed by atoms with Crippen LogP contribution in [0.3, 0.4) is 0 Å². The maximum absolute atomic E-state index is 12.6. The second kappa shape index (κ2) is 6.86. The van der Waals surface area contributed by atoms with Gasteiger partial charge in [-0.3, -0.25) is 9.78 Å². The summed E-state index contributed by atoms with van der Waals surface area (Å²) in [4.78, 5) is 25.3. The fraction of sp³-hybridized carbons (Fsp3) is 0.471. The van der Waals surface area contributed by atoms with Gasteiger partial charge in [-0.1, -0.05) is 0 Å². The molecule has 6 nitrogen and oxygen atoms in total. The number of hydrogen-bond donors (Lipinski definition) is 0. The number of carbonyl (C=O) groups excluding carboxylic acids is 1. The number of pyridine rings is 1. The van der Waals surface area contributed by atoms with Crippen molar-refractivity contribution in [3.05, 3.63) is 41.1 Å². The Morgan fingerprint density at radius 2 is 2.21 bits per heavy atom. The van der Waals surface area contributed by atoms with E-state index in [-0.39, 0.29) is 18.1 Å². The van der Waals surface area contributed by atoms with Crippen molar-refractivity contribution >= 4 is 22.9 Å². The fourth-order valence-corrected chi connectivity index (χ4v) is 4.13. The number of likely N-dealkylation sites (tertiary alicyclic amines) is 1. The van der Waals surface area contributed by atoms with Gasteiger partial charge in [-0.15, -0.1) is 11.3 Å². The Morgan fingerprint density at radius 1 is 1.29 bits per heavy atom. The molecule has 2 aromatic heterocycles. The number of ether oxygens (including phenoxy) is 1. The van der Waals surface area contributed by atoms with Gasteiger partial charge in [-0.2, -0.15) is 0 Å². The first-order valence-corrected chi connectivity index (χ1v) is 9.23. The van der Waals surface area contributed by atoms with Crippen LogP contribution in [0.15, 0.2) is 35.4 Å². The molecule has 0 N–H and O–H groups in total. The summed E-state index contributed by atoms with van der Waals surface area (Å²) in [5.74, 6) is 0.0304. The van der Waals surface area contributed by atoms with E-state index in [2.05, 4.69) is 20.9 Å². The van der Waals surface area contributed by atoms with E-state index in [1.165, 1.54) is 11.3 Å². The summed E-state index contributed by atoms with van der Waals surface area (Å²) >= 11 is 1.46. The standard InChI is InChI=1S/C17H20N4O2S/c22-17(14-11-24-12-19-14)20-6-3-15-16(4-7-20)23-9-8-21(15)13-2-1-5-18-10-13/h1-2,5,10-12,15-16H,3-4,6-9H2. The molecule has 7 heteroatoms. The molecule has 2 aromatic rings. The molecule has 2 saturated heterocycles. The molecular weight excluding hydrogens is 324 g/mol. The second-order valence-electron chi connectivity index (χ2n) is 6.12. The van der Waals surface area contributed by atoms with Crippen LogP contribution >= 0.6 is 11.3 Å². The normalized spacial score (nSPS) is 24.3. The molecule has 2 aliphatic rings. The average molecular weight is 344 g/mol. The van der Waals surface area contributed by atoms with Crippen LogP contribution in [0.2, 0.25) is 0 Å². The minimum atomic E-state index is 0.0304. The largest absolute Gasteiger partial charge is 0.374 e. The zero-order chi connectivity index (χ0) is 16.4. The Kier molecular flexibility index (Phi) is 4.44. The van der Waals surface area contributed by atoms with Crippen LogP contribution in [0, 0.1) is 0 Å². The van der Waals surface area contributed by atoms with Crippen LogP contribution in [0.4, 0.5) is 5.69 Å². The van der Waals surface area contributed by atoms with E-state index in [0.29, 0.717) is 5.69 Å². The second-order valence-corrected chi connectivity index (χ2v) is 6.84. The molecule has 2 unspecified atom stereocenters. The van der Waals surface area contributed by atoms with Gasteiger partial charge in [0.1, 0.15) is 5.69 Å². The summed E-state index contributed by atoms with van der Waals surface area (Å²) in [7, 11) is 0. The van der Waals surface area contributed by atoms with Gasteiger partial charge in [-0.05, 0) is 25.0 Å². The molecule has 0 aromatic carbocycles. The lowest BCUT2D eigenvalue weighted by molar-refractivity contribution is 0.00907. The highest BCUT2D eigenvalue weighted by Gasteiger charge is 2.36. The Bertz CT molecular complexity index is 679. The molecule has 24 heavy (non-hydrogen) atoms. The van der Waals surface area contributed by atoms with Crippen LogP contribution in [0.25, 0.3) is 0 Å². The molecule has 1 amide bonds. The summed E-state index contributed by atoms with van der Waals surface area (Å²) in [5.41, 5.74) is 3.39. The van der Waals surface area contributed by atoms with Gasteiger partial charge in [0.15, 0.2) is 0 Å². The van der Waals surface area contributed by atoms with Gasteiger partial charge in [0.25, 0.3) is 5.91 Å². The number of anilines is 1. The minimum Gasteiger partial charge on any atom is -0.374 e. The topological polar surface area (TPSA) is 58.6 Å². The van der Waals surface area contributed by atoms with E-state index in [0.717, 1.165) is 44.8 Å². The maximum Gasteiger partial charge on any atom is 0.273 e. The average Bonchev–Trinajstić information content (AvgIpc) is 3.08. The number of rotatable bonds is 2. The number of nitrogens with zero attached hydrogens (tertiary/aromatic N) is 4. The first-order chi connectivity index (χ1) is 11.8. The van der Waals surface area contributed by atoms with Crippen LogP contribution in [0.1, 0.15) is 23.3 Å².